The molecule has 3 rings (SSSR count). The van der Waals surface area contributed by atoms with E-state index in [0.29, 0.717) is 12.1 Å². The van der Waals surface area contributed by atoms with Gasteiger partial charge >= 0.3 is 0 Å². The first-order valence-electron chi connectivity index (χ1n) is 9.01. The highest BCUT2D eigenvalue weighted by atomic mass is 19.1. The first-order chi connectivity index (χ1) is 12.5. The predicted octanol–water partition coefficient (Wildman–Crippen LogP) is 3.80. The molecule has 26 heavy (non-hydrogen) atoms. The Kier molecular flexibility index (Phi) is 5.99. The second-order valence-electron chi connectivity index (χ2n) is 6.98. The van der Waals surface area contributed by atoms with Gasteiger partial charge in [0.2, 0.25) is 5.91 Å². The average Bonchev–Trinajstić information content (AvgIpc) is 2.65. The topological polar surface area (TPSA) is 32.3 Å². The number of hydrogen-bond donors (Lipinski definition) is 1. The fourth-order valence-electron chi connectivity index (χ4n) is 3.28. The number of likely N-dealkylation sites (tertiary alicyclic amines) is 1. The molecule has 5 heteroatoms. The monoisotopic (exact) mass is 358 g/mol. The maximum Gasteiger partial charge on any atom is 0.223 e. The number of benzene rings is 2. The smallest absolute Gasteiger partial charge is 0.223 e. The molecule has 2 aromatic rings. The molecule has 0 bridgehead atoms. The normalized spacial score (nSPS) is 15.8. The second kappa shape index (κ2) is 8.41. The second-order valence-corrected chi connectivity index (χ2v) is 6.98. The van der Waals surface area contributed by atoms with E-state index in [-0.39, 0.29) is 23.5 Å². The van der Waals surface area contributed by atoms with Crippen LogP contribution in [-0.4, -0.2) is 23.9 Å². The molecule has 1 fully saturated rings. The van der Waals surface area contributed by atoms with Gasteiger partial charge in [-0.2, -0.15) is 0 Å². The Balaban J connectivity index is 1.44. The minimum absolute atomic E-state index is 0.00485. The van der Waals surface area contributed by atoms with Crippen molar-refractivity contribution < 1.29 is 13.6 Å². The molecule has 1 saturated heterocycles. The van der Waals surface area contributed by atoms with Crippen LogP contribution in [0, 0.1) is 24.5 Å². The minimum atomic E-state index is -0.245. The summed E-state index contributed by atoms with van der Waals surface area (Å²) in [5.41, 5.74) is 2.46. The predicted molar refractivity (Wildman–Crippen MR) is 97.4 cm³/mol. The van der Waals surface area contributed by atoms with Gasteiger partial charge in [0.25, 0.3) is 0 Å². The minimum Gasteiger partial charge on any atom is -0.352 e. The first-order valence-corrected chi connectivity index (χ1v) is 9.01. The van der Waals surface area contributed by atoms with E-state index in [1.165, 1.54) is 18.2 Å². The largest absolute Gasteiger partial charge is 0.352 e. The Morgan fingerprint density at radius 3 is 2.38 bits per heavy atom. The van der Waals surface area contributed by atoms with Crippen LogP contribution in [0.25, 0.3) is 0 Å². The van der Waals surface area contributed by atoms with Crippen LogP contribution in [0.2, 0.25) is 0 Å². The molecule has 138 valence electrons. The number of amides is 1. The van der Waals surface area contributed by atoms with Crippen LogP contribution >= 0.6 is 0 Å². The van der Waals surface area contributed by atoms with Crippen LogP contribution in [0.4, 0.5) is 8.78 Å². The Labute approximate surface area is 153 Å². The van der Waals surface area contributed by atoms with Crippen molar-refractivity contribution in [3.63, 3.8) is 0 Å². The zero-order chi connectivity index (χ0) is 18.5. The number of carbonyl (C=O) groups excluding carboxylic acids is 1. The molecule has 0 aromatic heterocycles. The number of nitrogens with one attached hydrogen (secondary N) is 1. The highest BCUT2D eigenvalue weighted by Crippen LogP contribution is 2.20. The zero-order valence-electron chi connectivity index (χ0n) is 15.0. The van der Waals surface area contributed by atoms with Crippen molar-refractivity contribution in [2.45, 2.75) is 32.9 Å². The molecule has 0 unspecified atom stereocenters. The summed E-state index contributed by atoms with van der Waals surface area (Å²) < 4.78 is 26.5. The molecule has 2 aromatic carbocycles. The molecular weight excluding hydrogens is 334 g/mol. The lowest BCUT2D eigenvalue weighted by atomic mass is 9.95. The number of nitrogens with zero attached hydrogens (tertiary/aromatic N) is 1. The summed E-state index contributed by atoms with van der Waals surface area (Å²) in [6.07, 6.45) is 1.60. The molecule has 3 nitrogen and oxygen atoms in total. The fourth-order valence-corrected chi connectivity index (χ4v) is 3.28. The number of hydrogen-bond acceptors (Lipinski definition) is 2. The molecule has 0 saturated carbocycles. The van der Waals surface area contributed by atoms with Gasteiger partial charge in [-0.3, -0.25) is 9.69 Å². The van der Waals surface area contributed by atoms with Gasteiger partial charge in [0.05, 0.1) is 0 Å². The van der Waals surface area contributed by atoms with Gasteiger partial charge in [0.1, 0.15) is 11.6 Å². The van der Waals surface area contributed by atoms with Crippen LogP contribution in [0.15, 0.2) is 42.5 Å². The van der Waals surface area contributed by atoms with Crippen LogP contribution < -0.4 is 5.32 Å². The van der Waals surface area contributed by atoms with E-state index in [0.717, 1.165) is 43.6 Å². The lowest BCUT2D eigenvalue weighted by Gasteiger charge is -2.31. The third-order valence-corrected chi connectivity index (χ3v) is 4.98. The van der Waals surface area contributed by atoms with Crippen molar-refractivity contribution in [3.8, 4) is 0 Å². The van der Waals surface area contributed by atoms with Gasteiger partial charge < -0.3 is 5.32 Å². The Hall–Kier alpha value is -2.27. The Morgan fingerprint density at radius 2 is 1.73 bits per heavy atom. The molecule has 0 radical (unpaired) electrons. The van der Waals surface area contributed by atoms with E-state index in [1.54, 1.807) is 25.1 Å². The number of halogens is 2. The molecule has 1 amide bonds. The van der Waals surface area contributed by atoms with Crippen molar-refractivity contribution in [2.75, 3.05) is 13.1 Å². The summed E-state index contributed by atoms with van der Waals surface area (Å²) in [6, 6.07) is 11.6. The van der Waals surface area contributed by atoms with E-state index < -0.39 is 0 Å². The van der Waals surface area contributed by atoms with Crippen LogP contribution in [0.1, 0.15) is 29.5 Å². The van der Waals surface area contributed by atoms with Crippen LogP contribution in [0.5, 0.6) is 0 Å². The quantitative estimate of drug-likeness (QED) is 0.882. The van der Waals surface area contributed by atoms with E-state index in [2.05, 4.69) is 10.2 Å². The van der Waals surface area contributed by atoms with Gasteiger partial charge in [0.15, 0.2) is 0 Å². The van der Waals surface area contributed by atoms with Crippen molar-refractivity contribution in [3.05, 3.63) is 70.8 Å². The average molecular weight is 358 g/mol. The zero-order valence-corrected chi connectivity index (χ0v) is 15.0. The standard InChI is InChI=1S/C21H24F2N2O/c1-15-2-3-17(12-20(15)23)13-24-21(26)18-8-10-25(11-9-18)14-16-4-6-19(22)7-5-16/h2-7,12,18H,8-11,13-14H2,1H3,(H,24,26). The highest BCUT2D eigenvalue weighted by Gasteiger charge is 2.24. The summed E-state index contributed by atoms with van der Waals surface area (Å²) in [4.78, 5) is 14.6. The van der Waals surface area contributed by atoms with Crippen molar-refractivity contribution in [2.24, 2.45) is 5.92 Å². The van der Waals surface area contributed by atoms with Crippen LogP contribution in [0.3, 0.4) is 0 Å². The number of rotatable bonds is 5. The van der Waals surface area contributed by atoms with E-state index >= 15 is 0 Å². The number of piperidine rings is 1. The molecule has 1 heterocycles. The maximum absolute atomic E-state index is 13.6. The summed E-state index contributed by atoms with van der Waals surface area (Å²) >= 11 is 0. The molecule has 1 N–H and O–H groups in total. The Morgan fingerprint density at radius 1 is 1.08 bits per heavy atom. The first kappa shape index (κ1) is 18.5. The molecule has 0 aliphatic carbocycles. The summed E-state index contributed by atoms with van der Waals surface area (Å²) in [5, 5.41) is 2.92. The molecular formula is C21H24F2N2O. The Bertz CT molecular complexity index is 753. The lowest BCUT2D eigenvalue weighted by Crippen LogP contribution is -2.40. The maximum atomic E-state index is 13.6. The van der Waals surface area contributed by atoms with Crippen LogP contribution in [-0.2, 0) is 17.9 Å². The van der Waals surface area contributed by atoms with Crippen molar-refractivity contribution in [1.29, 1.82) is 0 Å². The lowest BCUT2D eigenvalue weighted by molar-refractivity contribution is -0.126. The molecule has 1 aliphatic rings. The van der Waals surface area contributed by atoms with E-state index in [1.807, 2.05) is 6.07 Å². The highest BCUT2D eigenvalue weighted by molar-refractivity contribution is 5.78. The molecule has 0 atom stereocenters. The summed E-state index contributed by atoms with van der Waals surface area (Å²) in [6.45, 7) is 4.53. The van der Waals surface area contributed by atoms with Gasteiger partial charge in [-0.15, -0.1) is 0 Å². The van der Waals surface area contributed by atoms with E-state index in [9.17, 15) is 13.6 Å². The van der Waals surface area contributed by atoms with Gasteiger partial charge in [0, 0.05) is 19.0 Å². The summed E-state index contributed by atoms with van der Waals surface area (Å²) in [7, 11) is 0. The van der Waals surface area contributed by atoms with E-state index in [4.69, 9.17) is 0 Å². The van der Waals surface area contributed by atoms with Crippen molar-refractivity contribution >= 4 is 5.91 Å². The number of carbonyl (C=O) groups is 1. The third kappa shape index (κ3) is 4.88. The number of aryl methyl sites for hydroxylation is 1. The molecule has 1 aliphatic heterocycles. The van der Waals surface area contributed by atoms with Crippen molar-refractivity contribution in [1.82, 2.24) is 10.2 Å². The summed E-state index contributed by atoms with van der Waals surface area (Å²) in [5.74, 6) is -0.439. The van der Waals surface area contributed by atoms with Gasteiger partial charge in [-0.25, -0.2) is 8.78 Å². The van der Waals surface area contributed by atoms with Gasteiger partial charge in [-0.1, -0.05) is 24.3 Å². The van der Waals surface area contributed by atoms with Gasteiger partial charge in [-0.05, 0) is 67.7 Å². The SMILES string of the molecule is Cc1ccc(CNC(=O)C2CCN(Cc3ccc(F)cc3)CC2)cc1F. The molecule has 0 spiro atoms. The third-order valence-electron chi connectivity index (χ3n) is 4.98. The fraction of sp³-hybridized carbons (Fsp3) is 0.381.